The number of carbonyl (C=O) groups excluding carboxylic acids is 1. The molecule has 0 aromatic carbocycles. The molecular weight excluding hydrogens is 310 g/mol. The minimum Gasteiger partial charge on any atom is -0.478 e. The fraction of sp³-hybridized carbons (Fsp3) is 0.500. The predicted octanol–water partition coefficient (Wildman–Crippen LogP) is 1.56. The Bertz CT molecular complexity index is 730. The molecule has 0 aliphatic carbocycles. The topological polar surface area (TPSA) is 93.4 Å². The molecule has 0 bridgehead atoms. The minimum atomic E-state index is -0.315. The monoisotopic (exact) mass is 331 g/mol. The van der Waals surface area contributed by atoms with E-state index in [4.69, 9.17) is 9.26 Å². The highest BCUT2D eigenvalue weighted by atomic mass is 16.5. The number of ether oxygens (including phenoxy) is 1. The number of anilines is 1. The van der Waals surface area contributed by atoms with Crippen LogP contribution in [0.4, 0.5) is 5.82 Å². The van der Waals surface area contributed by atoms with Crippen molar-refractivity contribution >= 4 is 11.7 Å². The van der Waals surface area contributed by atoms with Crippen LogP contribution >= 0.6 is 0 Å². The van der Waals surface area contributed by atoms with Gasteiger partial charge in [-0.15, -0.1) is 0 Å². The molecular formula is C16H21N5O3. The highest BCUT2D eigenvalue weighted by molar-refractivity contribution is 5.93. The lowest BCUT2D eigenvalue weighted by Gasteiger charge is -2.32. The molecule has 128 valence electrons. The Morgan fingerprint density at radius 3 is 3.04 bits per heavy atom. The van der Waals surface area contributed by atoms with Crippen molar-refractivity contribution in [2.45, 2.75) is 39.8 Å². The van der Waals surface area contributed by atoms with E-state index in [1.807, 2.05) is 13.8 Å². The number of rotatable bonds is 5. The predicted molar refractivity (Wildman–Crippen MR) is 86.6 cm³/mol. The van der Waals surface area contributed by atoms with Gasteiger partial charge in [-0.2, -0.15) is 0 Å². The van der Waals surface area contributed by atoms with Gasteiger partial charge in [0, 0.05) is 31.1 Å². The number of amides is 1. The van der Waals surface area contributed by atoms with Gasteiger partial charge >= 0.3 is 0 Å². The Balaban J connectivity index is 1.71. The number of hydrogen-bond donors (Lipinski definition) is 1. The van der Waals surface area contributed by atoms with E-state index in [9.17, 15) is 4.79 Å². The third-order valence-corrected chi connectivity index (χ3v) is 4.08. The van der Waals surface area contributed by atoms with Crippen molar-refractivity contribution in [1.82, 2.24) is 20.0 Å². The lowest BCUT2D eigenvalue weighted by Crippen LogP contribution is -2.44. The fourth-order valence-corrected chi connectivity index (χ4v) is 2.75. The molecule has 2 aromatic rings. The average Bonchev–Trinajstić information content (AvgIpc) is 2.99. The number of carbonyl (C=O) groups is 1. The summed E-state index contributed by atoms with van der Waals surface area (Å²) in [5.41, 5.74) is 1.95. The van der Waals surface area contributed by atoms with Crippen LogP contribution in [0.15, 0.2) is 16.9 Å². The van der Waals surface area contributed by atoms with Crippen molar-refractivity contribution in [3.8, 4) is 5.88 Å². The molecule has 1 amide bonds. The summed E-state index contributed by atoms with van der Waals surface area (Å²) >= 11 is 0. The summed E-state index contributed by atoms with van der Waals surface area (Å²) in [6.07, 6.45) is 2.29. The van der Waals surface area contributed by atoms with Gasteiger partial charge in [-0.3, -0.25) is 9.69 Å². The first-order valence-electron chi connectivity index (χ1n) is 8.02. The van der Waals surface area contributed by atoms with E-state index >= 15 is 0 Å². The molecule has 0 radical (unpaired) electrons. The summed E-state index contributed by atoms with van der Waals surface area (Å²) in [5.74, 6) is 1.57. The lowest BCUT2D eigenvalue weighted by molar-refractivity contribution is -0.121. The van der Waals surface area contributed by atoms with E-state index in [-0.39, 0.29) is 11.9 Å². The summed E-state index contributed by atoms with van der Waals surface area (Å²) in [6, 6.07) is 1.38. The quantitative estimate of drug-likeness (QED) is 0.888. The molecule has 0 saturated heterocycles. The van der Waals surface area contributed by atoms with E-state index in [0.717, 1.165) is 24.2 Å². The Morgan fingerprint density at radius 1 is 1.50 bits per heavy atom. The molecule has 0 unspecified atom stereocenters. The zero-order chi connectivity index (χ0) is 17.1. The first-order chi connectivity index (χ1) is 11.6. The highest BCUT2D eigenvalue weighted by Gasteiger charge is 2.28. The third-order valence-electron chi connectivity index (χ3n) is 4.08. The molecule has 24 heavy (non-hydrogen) atoms. The number of aromatic nitrogens is 3. The summed E-state index contributed by atoms with van der Waals surface area (Å²) in [5, 5.41) is 6.57. The largest absolute Gasteiger partial charge is 0.478 e. The third kappa shape index (κ3) is 3.38. The molecule has 1 aliphatic rings. The fourth-order valence-electron chi connectivity index (χ4n) is 2.75. The number of aryl methyl sites for hydroxylation is 1. The van der Waals surface area contributed by atoms with Crippen LogP contribution in [0.3, 0.4) is 0 Å². The van der Waals surface area contributed by atoms with Gasteiger partial charge in [0.15, 0.2) is 5.82 Å². The molecule has 1 atom stereocenters. The summed E-state index contributed by atoms with van der Waals surface area (Å²) in [7, 11) is 0. The lowest BCUT2D eigenvalue weighted by atomic mass is 10.0. The summed E-state index contributed by atoms with van der Waals surface area (Å²) in [6.45, 7) is 7.45. The van der Waals surface area contributed by atoms with Gasteiger partial charge in [0.05, 0.1) is 18.3 Å². The maximum Gasteiger partial charge on any atom is 0.242 e. The Labute approximate surface area is 140 Å². The van der Waals surface area contributed by atoms with Crippen molar-refractivity contribution in [2.24, 2.45) is 0 Å². The van der Waals surface area contributed by atoms with Crippen LogP contribution in [-0.2, 0) is 17.8 Å². The number of fused-ring (bicyclic) bond motifs is 1. The van der Waals surface area contributed by atoms with Crippen molar-refractivity contribution in [2.75, 3.05) is 18.5 Å². The first-order valence-corrected chi connectivity index (χ1v) is 8.02. The van der Waals surface area contributed by atoms with Gasteiger partial charge in [0.25, 0.3) is 0 Å². The minimum absolute atomic E-state index is 0.124. The normalized spacial score (nSPS) is 15.6. The second-order valence-electron chi connectivity index (χ2n) is 5.75. The summed E-state index contributed by atoms with van der Waals surface area (Å²) in [4.78, 5) is 23.1. The molecule has 1 aliphatic heterocycles. The molecule has 2 aromatic heterocycles. The smallest absolute Gasteiger partial charge is 0.242 e. The number of nitrogens with zero attached hydrogens (tertiary/aromatic N) is 4. The molecule has 8 heteroatoms. The van der Waals surface area contributed by atoms with Crippen LogP contribution in [0.1, 0.15) is 30.9 Å². The van der Waals surface area contributed by atoms with Crippen molar-refractivity contribution in [3.05, 3.63) is 29.4 Å². The maximum absolute atomic E-state index is 12.4. The van der Waals surface area contributed by atoms with Gasteiger partial charge in [0.2, 0.25) is 11.8 Å². The Kier molecular flexibility index (Phi) is 4.75. The summed E-state index contributed by atoms with van der Waals surface area (Å²) < 4.78 is 10.6. The van der Waals surface area contributed by atoms with E-state index in [1.165, 1.54) is 6.33 Å². The Morgan fingerprint density at radius 2 is 2.33 bits per heavy atom. The van der Waals surface area contributed by atoms with Crippen LogP contribution in [0.25, 0.3) is 0 Å². The van der Waals surface area contributed by atoms with E-state index < -0.39 is 0 Å². The standard InChI is InChI=1S/C16H21N5O3/c1-4-23-16-12-8-21(6-5-13(12)17-9-18-16)11(3)15(22)19-14-7-10(2)24-20-14/h7,9,11H,4-6,8H2,1-3H3,(H,19,20,22)/t11-/m1/s1. The molecule has 0 saturated carbocycles. The van der Waals surface area contributed by atoms with E-state index in [1.54, 1.807) is 13.0 Å². The van der Waals surface area contributed by atoms with Gasteiger partial charge < -0.3 is 14.6 Å². The van der Waals surface area contributed by atoms with Crippen molar-refractivity contribution < 1.29 is 14.1 Å². The van der Waals surface area contributed by atoms with Crippen LogP contribution in [0.2, 0.25) is 0 Å². The number of hydrogen-bond acceptors (Lipinski definition) is 7. The van der Waals surface area contributed by atoms with E-state index in [2.05, 4.69) is 25.3 Å². The zero-order valence-corrected chi connectivity index (χ0v) is 14.1. The van der Waals surface area contributed by atoms with Crippen molar-refractivity contribution in [1.29, 1.82) is 0 Å². The van der Waals surface area contributed by atoms with Crippen LogP contribution in [0.5, 0.6) is 5.88 Å². The highest BCUT2D eigenvalue weighted by Crippen LogP contribution is 2.26. The maximum atomic E-state index is 12.4. The second kappa shape index (κ2) is 6.96. The first kappa shape index (κ1) is 16.4. The van der Waals surface area contributed by atoms with Gasteiger partial charge in [0.1, 0.15) is 12.1 Å². The van der Waals surface area contributed by atoms with Crippen LogP contribution in [0, 0.1) is 6.92 Å². The number of nitrogens with one attached hydrogen (secondary N) is 1. The molecule has 8 nitrogen and oxygen atoms in total. The average molecular weight is 331 g/mol. The van der Waals surface area contributed by atoms with Crippen LogP contribution in [-0.4, -0.2) is 45.1 Å². The van der Waals surface area contributed by atoms with Crippen molar-refractivity contribution in [3.63, 3.8) is 0 Å². The molecule has 3 rings (SSSR count). The van der Waals surface area contributed by atoms with Gasteiger partial charge in [-0.25, -0.2) is 9.97 Å². The molecule has 3 heterocycles. The zero-order valence-electron chi connectivity index (χ0n) is 14.1. The molecule has 1 N–H and O–H groups in total. The Hall–Kier alpha value is -2.48. The molecule has 0 fully saturated rings. The molecule has 0 spiro atoms. The van der Waals surface area contributed by atoms with E-state index in [0.29, 0.717) is 30.6 Å². The SMILES string of the molecule is CCOc1ncnc2c1CN([C@H](C)C(=O)Nc1cc(C)on1)CC2. The second-order valence-corrected chi connectivity index (χ2v) is 5.75. The van der Waals surface area contributed by atoms with Gasteiger partial charge in [-0.1, -0.05) is 5.16 Å². The van der Waals surface area contributed by atoms with Crippen LogP contribution < -0.4 is 10.1 Å². The van der Waals surface area contributed by atoms with Gasteiger partial charge in [-0.05, 0) is 20.8 Å².